The molecule has 24 heavy (non-hydrogen) atoms. The van der Waals surface area contributed by atoms with Crippen LogP contribution in [0.3, 0.4) is 0 Å². The molecule has 4 heteroatoms. The Labute approximate surface area is 143 Å². The summed E-state index contributed by atoms with van der Waals surface area (Å²) in [7, 11) is 0. The number of carbonyl (C=O) groups is 1. The van der Waals surface area contributed by atoms with Crippen LogP contribution in [0.2, 0.25) is 0 Å². The van der Waals surface area contributed by atoms with Crippen LogP contribution in [0.15, 0.2) is 30.3 Å². The summed E-state index contributed by atoms with van der Waals surface area (Å²) in [5.41, 5.74) is 5.05. The molecule has 0 amide bonds. The molecule has 0 radical (unpaired) electrons. The van der Waals surface area contributed by atoms with E-state index in [4.69, 9.17) is 5.11 Å². The molecular weight excluding hydrogens is 300 g/mol. The van der Waals surface area contributed by atoms with Crippen molar-refractivity contribution in [2.75, 3.05) is 0 Å². The van der Waals surface area contributed by atoms with E-state index in [0.29, 0.717) is 11.6 Å². The van der Waals surface area contributed by atoms with Gasteiger partial charge in [0.15, 0.2) is 0 Å². The van der Waals surface area contributed by atoms with Gasteiger partial charge in [0.2, 0.25) is 0 Å². The third kappa shape index (κ3) is 3.54. The number of carboxylic acid groups (broad SMARTS) is 1. The Balaban J connectivity index is 1.77. The topological polar surface area (TPSA) is 54.3 Å². The average molecular weight is 326 g/mol. The number of hydrogen-bond acceptors (Lipinski definition) is 2. The highest BCUT2D eigenvalue weighted by Crippen LogP contribution is 2.23. The van der Waals surface area contributed by atoms with Crippen LogP contribution in [0, 0.1) is 13.8 Å². The van der Waals surface area contributed by atoms with Crippen molar-refractivity contribution in [2.45, 2.75) is 58.5 Å². The average Bonchev–Trinajstić information content (AvgIpc) is 2.88. The number of nitrogens with one attached hydrogen (secondary N) is 1. The lowest BCUT2D eigenvalue weighted by atomic mass is 9.95. The third-order valence-corrected chi connectivity index (χ3v) is 5.09. The van der Waals surface area contributed by atoms with Crippen LogP contribution in [0.4, 0.5) is 0 Å². The molecule has 0 unspecified atom stereocenters. The van der Waals surface area contributed by atoms with E-state index in [2.05, 4.69) is 29.8 Å². The third-order valence-electron chi connectivity index (χ3n) is 5.09. The zero-order chi connectivity index (χ0) is 17.1. The van der Waals surface area contributed by atoms with Gasteiger partial charge in [-0.3, -0.25) is 0 Å². The zero-order valence-corrected chi connectivity index (χ0v) is 14.5. The number of aromatic carboxylic acids is 1. The molecule has 1 fully saturated rings. The summed E-state index contributed by atoms with van der Waals surface area (Å²) in [5.74, 6) is -0.889. The van der Waals surface area contributed by atoms with Gasteiger partial charge in [0.05, 0.1) is 5.56 Å². The van der Waals surface area contributed by atoms with Crippen LogP contribution >= 0.6 is 0 Å². The van der Waals surface area contributed by atoms with E-state index < -0.39 is 5.97 Å². The SMILES string of the molecule is Cc1cc(CNC2CCCCC2)c(C)n1-c1ccc(C(=O)O)cc1. The van der Waals surface area contributed by atoms with Crippen molar-refractivity contribution in [3.8, 4) is 5.69 Å². The van der Waals surface area contributed by atoms with Crippen molar-refractivity contribution in [1.82, 2.24) is 9.88 Å². The minimum atomic E-state index is -0.889. The Morgan fingerprint density at radius 1 is 1.17 bits per heavy atom. The molecule has 1 aromatic heterocycles. The van der Waals surface area contributed by atoms with Gasteiger partial charge >= 0.3 is 5.97 Å². The molecule has 1 saturated carbocycles. The Bertz CT molecular complexity index is 710. The fourth-order valence-corrected chi connectivity index (χ4v) is 3.72. The van der Waals surface area contributed by atoms with E-state index in [9.17, 15) is 4.79 Å². The van der Waals surface area contributed by atoms with Gasteiger partial charge in [-0.15, -0.1) is 0 Å². The van der Waals surface area contributed by atoms with Gasteiger partial charge in [-0.2, -0.15) is 0 Å². The van der Waals surface area contributed by atoms with Crippen LogP contribution in [0.25, 0.3) is 5.69 Å². The van der Waals surface area contributed by atoms with E-state index in [1.165, 1.54) is 49.1 Å². The second-order valence-electron chi connectivity index (χ2n) is 6.80. The lowest BCUT2D eigenvalue weighted by Gasteiger charge is -2.22. The van der Waals surface area contributed by atoms with Crippen molar-refractivity contribution in [3.05, 3.63) is 52.8 Å². The Morgan fingerprint density at radius 3 is 2.46 bits per heavy atom. The highest BCUT2D eigenvalue weighted by Gasteiger charge is 2.15. The van der Waals surface area contributed by atoms with Crippen LogP contribution < -0.4 is 5.32 Å². The summed E-state index contributed by atoms with van der Waals surface area (Å²) in [5, 5.41) is 12.7. The number of aromatic nitrogens is 1. The molecule has 128 valence electrons. The number of carboxylic acids is 1. The number of rotatable bonds is 5. The first-order valence-electron chi connectivity index (χ1n) is 8.81. The van der Waals surface area contributed by atoms with Crippen molar-refractivity contribution >= 4 is 5.97 Å². The summed E-state index contributed by atoms with van der Waals surface area (Å²) in [6.45, 7) is 5.13. The molecule has 1 aliphatic rings. The van der Waals surface area contributed by atoms with Gasteiger partial charge < -0.3 is 15.0 Å². The number of aryl methyl sites for hydroxylation is 1. The molecule has 1 aromatic carbocycles. The second kappa shape index (κ2) is 7.22. The Morgan fingerprint density at radius 2 is 1.83 bits per heavy atom. The summed E-state index contributed by atoms with van der Waals surface area (Å²) >= 11 is 0. The summed E-state index contributed by atoms with van der Waals surface area (Å²) in [4.78, 5) is 11.0. The summed E-state index contributed by atoms with van der Waals surface area (Å²) in [6.07, 6.45) is 6.63. The second-order valence-corrected chi connectivity index (χ2v) is 6.80. The van der Waals surface area contributed by atoms with Gasteiger partial charge in [0, 0.05) is 29.7 Å². The van der Waals surface area contributed by atoms with Crippen molar-refractivity contribution < 1.29 is 9.90 Å². The zero-order valence-electron chi connectivity index (χ0n) is 14.5. The molecular formula is C20H26N2O2. The molecule has 1 heterocycles. The maximum absolute atomic E-state index is 11.0. The molecule has 0 saturated heterocycles. The summed E-state index contributed by atoms with van der Waals surface area (Å²) < 4.78 is 2.20. The maximum atomic E-state index is 11.0. The molecule has 0 atom stereocenters. The molecule has 0 bridgehead atoms. The molecule has 1 aliphatic carbocycles. The van der Waals surface area contributed by atoms with Gasteiger partial charge in [-0.25, -0.2) is 4.79 Å². The van der Waals surface area contributed by atoms with E-state index in [1.54, 1.807) is 12.1 Å². The fraction of sp³-hybridized carbons (Fsp3) is 0.450. The number of hydrogen-bond donors (Lipinski definition) is 2. The molecule has 3 rings (SSSR count). The van der Waals surface area contributed by atoms with Crippen LogP contribution in [-0.2, 0) is 6.54 Å². The maximum Gasteiger partial charge on any atom is 0.335 e. The Hall–Kier alpha value is -2.07. The van der Waals surface area contributed by atoms with Gasteiger partial charge in [0.1, 0.15) is 0 Å². The first kappa shape index (κ1) is 16.8. The first-order chi connectivity index (χ1) is 11.6. The van der Waals surface area contributed by atoms with Crippen LogP contribution in [-0.4, -0.2) is 21.7 Å². The van der Waals surface area contributed by atoms with Crippen molar-refractivity contribution in [3.63, 3.8) is 0 Å². The van der Waals surface area contributed by atoms with E-state index in [0.717, 1.165) is 12.2 Å². The predicted octanol–water partition coefficient (Wildman–Crippen LogP) is 4.21. The molecule has 4 nitrogen and oxygen atoms in total. The summed E-state index contributed by atoms with van der Waals surface area (Å²) in [6, 6.07) is 9.96. The fourth-order valence-electron chi connectivity index (χ4n) is 3.72. The van der Waals surface area contributed by atoms with Crippen LogP contribution in [0.1, 0.15) is 59.4 Å². The van der Waals surface area contributed by atoms with Gasteiger partial charge in [-0.1, -0.05) is 19.3 Å². The lowest BCUT2D eigenvalue weighted by Crippen LogP contribution is -2.30. The quantitative estimate of drug-likeness (QED) is 0.865. The standard InChI is InChI=1S/C20H26N2O2/c1-14-12-17(13-21-18-6-4-3-5-7-18)15(2)22(14)19-10-8-16(9-11-19)20(23)24/h8-12,18,21H,3-7,13H2,1-2H3,(H,23,24). The van der Waals surface area contributed by atoms with Gasteiger partial charge in [0.25, 0.3) is 0 Å². The molecule has 2 N–H and O–H groups in total. The molecule has 0 aliphatic heterocycles. The number of benzene rings is 1. The van der Waals surface area contributed by atoms with Crippen molar-refractivity contribution in [2.24, 2.45) is 0 Å². The Kier molecular flexibility index (Phi) is 5.05. The normalized spacial score (nSPS) is 15.6. The monoisotopic (exact) mass is 326 g/mol. The highest BCUT2D eigenvalue weighted by molar-refractivity contribution is 5.87. The minimum absolute atomic E-state index is 0.320. The highest BCUT2D eigenvalue weighted by atomic mass is 16.4. The largest absolute Gasteiger partial charge is 0.478 e. The first-order valence-corrected chi connectivity index (χ1v) is 8.81. The minimum Gasteiger partial charge on any atom is -0.478 e. The predicted molar refractivity (Wildman–Crippen MR) is 95.9 cm³/mol. The number of nitrogens with zero attached hydrogens (tertiary/aromatic N) is 1. The molecule has 2 aromatic rings. The van der Waals surface area contributed by atoms with E-state index >= 15 is 0 Å². The van der Waals surface area contributed by atoms with Crippen molar-refractivity contribution in [1.29, 1.82) is 0 Å². The smallest absolute Gasteiger partial charge is 0.335 e. The van der Waals surface area contributed by atoms with Crippen LogP contribution in [0.5, 0.6) is 0 Å². The van der Waals surface area contributed by atoms with E-state index in [1.807, 2.05) is 12.1 Å². The lowest BCUT2D eigenvalue weighted by molar-refractivity contribution is 0.0697. The van der Waals surface area contributed by atoms with Gasteiger partial charge in [-0.05, 0) is 62.6 Å². The van der Waals surface area contributed by atoms with E-state index in [-0.39, 0.29) is 0 Å². The molecule has 0 spiro atoms.